The molecule has 1 unspecified atom stereocenters. The zero-order valence-corrected chi connectivity index (χ0v) is 11.6. The number of rotatable bonds is 6. The lowest BCUT2D eigenvalue weighted by Crippen LogP contribution is -2.12. The minimum Gasteiger partial charge on any atom is -0.394 e. The van der Waals surface area contributed by atoms with Crippen molar-refractivity contribution in [3.05, 3.63) is 25.3 Å². The van der Waals surface area contributed by atoms with Crippen LogP contribution in [0.15, 0.2) is 30.3 Å². The van der Waals surface area contributed by atoms with E-state index in [-0.39, 0.29) is 12.6 Å². The molecule has 0 saturated carbocycles. The Morgan fingerprint density at radius 2 is 2.25 bits per heavy atom. The highest BCUT2D eigenvalue weighted by atomic mass is 16.3. The van der Waals surface area contributed by atoms with Gasteiger partial charge in [-0.2, -0.15) is 0 Å². The summed E-state index contributed by atoms with van der Waals surface area (Å²) in [4.78, 5) is 18.7. The van der Waals surface area contributed by atoms with Gasteiger partial charge in [0.2, 0.25) is 0 Å². The number of aromatic nitrogens is 4. The smallest absolute Gasteiger partial charge is 0.183 e. The standard InChI is InChI=1S/C13H18N6O/c1-4-5-10(6-20)19-9-17-13-11(19)12(14-7-15-13)16-8-18(2)3/h4,7-10,20H,1,5-6H2,2-3H3. The average molecular weight is 274 g/mol. The maximum Gasteiger partial charge on any atom is 0.183 e. The molecule has 106 valence electrons. The van der Waals surface area contributed by atoms with Crippen molar-refractivity contribution in [1.29, 1.82) is 0 Å². The van der Waals surface area contributed by atoms with Crippen LogP contribution in [0.1, 0.15) is 12.5 Å². The van der Waals surface area contributed by atoms with Crippen LogP contribution >= 0.6 is 0 Å². The van der Waals surface area contributed by atoms with Gasteiger partial charge in [-0.15, -0.1) is 6.58 Å². The van der Waals surface area contributed by atoms with E-state index in [1.54, 1.807) is 18.7 Å². The average Bonchev–Trinajstić information content (AvgIpc) is 2.87. The minimum absolute atomic E-state index is 0.0107. The topological polar surface area (TPSA) is 79.4 Å². The molecular weight excluding hydrogens is 256 g/mol. The SMILES string of the molecule is C=CCC(CO)n1cnc2ncnc(N=CN(C)C)c21. The molecule has 0 bridgehead atoms. The second kappa shape index (κ2) is 6.25. The Kier molecular flexibility index (Phi) is 4.41. The molecule has 0 spiro atoms. The van der Waals surface area contributed by atoms with Gasteiger partial charge in [0.25, 0.3) is 0 Å². The van der Waals surface area contributed by atoms with Gasteiger partial charge in [0.05, 0.1) is 25.3 Å². The van der Waals surface area contributed by atoms with E-state index < -0.39 is 0 Å². The second-order valence-corrected chi connectivity index (χ2v) is 4.59. The first-order chi connectivity index (χ1) is 9.67. The number of fused-ring (bicyclic) bond motifs is 1. The van der Waals surface area contributed by atoms with Gasteiger partial charge in [-0.3, -0.25) is 0 Å². The zero-order valence-electron chi connectivity index (χ0n) is 11.6. The first kappa shape index (κ1) is 14.1. The summed E-state index contributed by atoms with van der Waals surface area (Å²) in [5.41, 5.74) is 1.28. The Morgan fingerprint density at radius 1 is 1.45 bits per heavy atom. The van der Waals surface area contributed by atoms with E-state index >= 15 is 0 Å². The number of aliphatic hydroxyl groups excluding tert-OH is 1. The molecule has 0 aliphatic carbocycles. The van der Waals surface area contributed by atoms with E-state index in [0.717, 1.165) is 0 Å². The first-order valence-corrected chi connectivity index (χ1v) is 6.27. The molecule has 7 nitrogen and oxygen atoms in total. The van der Waals surface area contributed by atoms with Gasteiger partial charge in [-0.05, 0) is 6.42 Å². The third-order valence-electron chi connectivity index (χ3n) is 2.80. The fourth-order valence-corrected chi connectivity index (χ4v) is 1.87. The van der Waals surface area contributed by atoms with Crippen LogP contribution < -0.4 is 0 Å². The Bertz CT molecular complexity index is 618. The maximum absolute atomic E-state index is 9.51. The van der Waals surface area contributed by atoms with Crippen molar-refractivity contribution in [3.8, 4) is 0 Å². The molecule has 2 rings (SSSR count). The molecule has 2 aromatic rings. The molecule has 1 N–H and O–H groups in total. The van der Waals surface area contributed by atoms with Crippen LogP contribution in [-0.4, -0.2) is 56.6 Å². The molecule has 2 heterocycles. The Morgan fingerprint density at radius 3 is 2.90 bits per heavy atom. The Labute approximate surface area is 117 Å². The van der Waals surface area contributed by atoms with Gasteiger partial charge >= 0.3 is 0 Å². The minimum atomic E-state index is -0.142. The van der Waals surface area contributed by atoms with E-state index in [1.165, 1.54) is 6.33 Å². The monoisotopic (exact) mass is 274 g/mol. The molecule has 0 saturated heterocycles. The first-order valence-electron chi connectivity index (χ1n) is 6.27. The summed E-state index contributed by atoms with van der Waals surface area (Å²) in [5, 5.41) is 9.51. The molecule has 0 fully saturated rings. The molecule has 0 aromatic carbocycles. The summed E-state index contributed by atoms with van der Waals surface area (Å²) in [5.74, 6) is 0.531. The molecular formula is C13H18N6O. The highest BCUT2D eigenvalue weighted by molar-refractivity contribution is 5.83. The van der Waals surface area contributed by atoms with E-state index in [4.69, 9.17) is 0 Å². The van der Waals surface area contributed by atoms with Crippen molar-refractivity contribution in [2.24, 2.45) is 4.99 Å². The predicted octanol–water partition coefficient (Wildman–Crippen LogP) is 1.16. The van der Waals surface area contributed by atoms with Gasteiger partial charge in [-0.25, -0.2) is 19.9 Å². The van der Waals surface area contributed by atoms with Crippen LogP contribution in [0.3, 0.4) is 0 Å². The summed E-state index contributed by atoms with van der Waals surface area (Å²) in [6, 6.07) is -0.142. The third kappa shape index (κ3) is 2.83. The van der Waals surface area contributed by atoms with Crippen molar-refractivity contribution >= 4 is 23.3 Å². The molecule has 20 heavy (non-hydrogen) atoms. The van der Waals surface area contributed by atoms with Gasteiger partial charge in [-0.1, -0.05) is 6.08 Å². The van der Waals surface area contributed by atoms with Crippen LogP contribution in [0, 0.1) is 0 Å². The molecule has 1 atom stereocenters. The van der Waals surface area contributed by atoms with Gasteiger partial charge < -0.3 is 14.6 Å². The van der Waals surface area contributed by atoms with Gasteiger partial charge in [0, 0.05) is 14.1 Å². The lowest BCUT2D eigenvalue weighted by atomic mass is 10.2. The van der Waals surface area contributed by atoms with Crippen molar-refractivity contribution in [2.45, 2.75) is 12.5 Å². The fourth-order valence-electron chi connectivity index (χ4n) is 1.87. The summed E-state index contributed by atoms with van der Waals surface area (Å²) in [6.07, 6.45) is 7.15. The quantitative estimate of drug-likeness (QED) is 0.486. The van der Waals surface area contributed by atoms with Crippen molar-refractivity contribution < 1.29 is 5.11 Å². The largest absolute Gasteiger partial charge is 0.394 e. The Balaban J connectivity index is 2.53. The highest BCUT2D eigenvalue weighted by Gasteiger charge is 2.16. The number of hydrogen-bond donors (Lipinski definition) is 1. The van der Waals surface area contributed by atoms with Gasteiger partial charge in [0.15, 0.2) is 11.5 Å². The third-order valence-corrected chi connectivity index (χ3v) is 2.80. The van der Waals surface area contributed by atoms with Crippen molar-refractivity contribution in [1.82, 2.24) is 24.4 Å². The highest BCUT2D eigenvalue weighted by Crippen LogP contribution is 2.25. The van der Waals surface area contributed by atoms with Crippen LogP contribution in [0.25, 0.3) is 11.2 Å². The molecule has 0 aliphatic heterocycles. The number of aliphatic imine (C=N–C) groups is 1. The normalized spacial score (nSPS) is 12.9. The number of hydrogen-bond acceptors (Lipinski definition) is 5. The summed E-state index contributed by atoms with van der Waals surface area (Å²) >= 11 is 0. The molecule has 2 aromatic heterocycles. The van der Waals surface area contributed by atoms with Crippen LogP contribution in [0.4, 0.5) is 5.82 Å². The summed E-state index contributed by atoms with van der Waals surface area (Å²) in [6.45, 7) is 3.70. The lowest BCUT2D eigenvalue weighted by Gasteiger charge is -2.15. The van der Waals surface area contributed by atoms with Crippen molar-refractivity contribution in [3.63, 3.8) is 0 Å². The number of allylic oxidation sites excluding steroid dienone is 1. The second-order valence-electron chi connectivity index (χ2n) is 4.59. The number of imidazole rings is 1. The summed E-state index contributed by atoms with van der Waals surface area (Å²) < 4.78 is 1.85. The molecule has 0 aliphatic rings. The molecule has 7 heteroatoms. The van der Waals surface area contributed by atoms with E-state index in [0.29, 0.717) is 23.4 Å². The molecule has 0 radical (unpaired) electrons. The lowest BCUT2D eigenvalue weighted by molar-refractivity contribution is 0.231. The van der Waals surface area contributed by atoms with Crippen LogP contribution in [-0.2, 0) is 0 Å². The van der Waals surface area contributed by atoms with E-state index in [2.05, 4.69) is 26.5 Å². The maximum atomic E-state index is 9.51. The Hall–Kier alpha value is -2.28. The van der Waals surface area contributed by atoms with Gasteiger partial charge in [0.1, 0.15) is 11.8 Å². The van der Waals surface area contributed by atoms with Crippen LogP contribution in [0.5, 0.6) is 0 Å². The number of aliphatic hydroxyl groups is 1. The van der Waals surface area contributed by atoms with E-state index in [9.17, 15) is 5.11 Å². The van der Waals surface area contributed by atoms with Crippen LogP contribution in [0.2, 0.25) is 0 Å². The van der Waals surface area contributed by atoms with Crippen molar-refractivity contribution in [2.75, 3.05) is 20.7 Å². The zero-order chi connectivity index (χ0) is 14.5. The number of nitrogens with zero attached hydrogens (tertiary/aromatic N) is 6. The fraction of sp³-hybridized carbons (Fsp3) is 0.385. The van der Waals surface area contributed by atoms with E-state index in [1.807, 2.05) is 23.6 Å². The predicted molar refractivity (Wildman–Crippen MR) is 78.1 cm³/mol. The summed E-state index contributed by atoms with van der Waals surface area (Å²) in [7, 11) is 3.76. The molecule has 0 amide bonds.